The molecule has 1 aliphatic carbocycles. The van der Waals surface area contributed by atoms with Crippen LogP contribution in [0.4, 0.5) is 0 Å². The molecule has 48 valence electrons. The molecule has 0 spiro atoms. The second-order valence-corrected chi connectivity index (χ2v) is 2.13. The summed E-state index contributed by atoms with van der Waals surface area (Å²) in [7, 11) is 0. The third kappa shape index (κ3) is 1.24. The van der Waals surface area contributed by atoms with Crippen LogP contribution in [0, 0.1) is 28.6 Å². The molecule has 2 heteroatoms. The smallest absolute Gasteiger partial charge is 0.0947 e. The van der Waals surface area contributed by atoms with Gasteiger partial charge in [-0.05, 0) is 6.08 Å². The van der Waals surface area contributed by atoms with Gasteiger partial charge in [-0.3, -0.25) is 0 Å². The third-order valence-electron chi connectivity index (χ3n) is 1.39. The van der Waals surface area contributed by atoms with Crippen LogP contribution < -0.4 is 0 Å². The minimum absolute atomic E-state index is 0.0975. The third-order valence-corrected chi connectivity index (χ3v) is 1.39. The molecule has 2 nitrogen and oxygen atoms in total. The maximum Gasteiger partial charge on any atom is 0.0947 e. The first-order valence-corrected chi connectivity index (χ1v) is 3.04. The molecule has 0 amide bonds. The molecule has 0 aromatic heterocycles. The Bertz CT molecular complexity index is 260. The van der Waals surface area contributed by atoms with Crippen molar-refractivity contribution in [3.05, 3.63) is 23.8 Å². The Morgan fingerprint density at radius 3 is 2.90 bits per heavy atom. The average molecular weight is 130 g/mol. The van der Waals surface area contributed by atoms with Gasteiger partial charge in [-0.1, -0.05) is 12.2 Å². The molecule has 0 heterocycles. The van der Waals surface area contributed by atoms with E-state index in [9.17, 15) is 0 Å². The summed E-state index contributed by atoms with van der Waals surface area (Å²) < 4.78 is 0. The fourth-order valence-corrected chi connectivity index (χ4v) is 0.850. The van der Waals surface area contributed by atoms with E-state index in [1.54, 1.807) is 18.2 Å². The SMILES string of the molecule is N#CC1=CC=CC(C#N)C1. The van der Waals surface area contributed by atoms with Gasteiger partial charge in [-0.25, -0.2) is 0 Å². The lowest BCUT2D eigenvalue weighted by Gasteiger charge is -2.04. The molecular formula is C8H6N2. The van der Waals surface area contributed by atoms with E-state index in [1.165, 1.54) is 0 Å². The van der Waals surface area contributed by atoms with Gasteiger partial charge >= 0.3 is 0 Å². The molecule has 10 heavy (non-hydrogen) atoms. The molecule has 0 fully saturated rings. The van der Waals surface area contributed by atoms with E-state index < -0.39 is 0 Å². The van der Waals surface area contributed by atoms with Crippen LogP contribution in [0.3, 0.4) is 0 Å². The van der Waals surface area contributed by atoms with Crippen molar-refractivity contribution in [3.63, 3.8) is 0 Å². The quantitative estimate of drug-likeness (QED) is 0.499. The molecule has 1 rings (SSSR count). The molecule has 1 unspecified atom stereocenters. The highest BCUT2D eigenvalue weighted by atomic mass is 14.3. The zero-order valence-corrected chi connectivity index (χ0v) is 5.41. The molecule has 0 bridgehead atoms. The average Bonchev–Trinajstić information content (AvgIpc) is 2.05. The van der Waals surface area contributed by atoms with Crippen molar-refractivity contribution < 1.29 is 0 Å². The fraction of sp³-hybridized carbons (Fsp3) is 0.250. The molecule has 0 aromatic rings. The summed E-state index contributed by atoms with van der Waals surface area (Å²) >= 11 is 0. The second-order valence-electron chi connectivity index (χ2n) is 2.13. The maximum absolute atomic E-state index is 8.47. The highest BCUT2D eigenvalue weighted by Crippen LogP contribution is 2.16. The molecule has 0 N–H and O–H groups in total. The molecule has 1 atom stereocenters. The van der Waals surface area contributed by atoms with Gasteiger partial charge in [0.2, 0.25) is 0 Å². The summed E-state index contributed by atoms with van der Waals surface area (Å²) in [6, 6.07) is 4.12. The number of allylic oxidation sites excluding steroid dienone is 4. The van der Waals surface area contributed by atoms with E-state index in [2.05, 4.69) is 6.07 Å². The van der Waals surface area contributed by atoms with Gasteiger partial charge in [0.15, 0.2) is 0 Å². The first-order chi connectivity index (χ1) is 4.86. The monoisotopic (exact) mass is 130 g/mol. The van der Waals surface area contributed by atoms with Crippen molar-refractivity contribution in [2.75, 3.05) is 0 Å². The molecule has 0 aromatic carbocycles. The number of nitriles is 2. The molecule has 0 saturated carbocycles. The van der Waals surface area contributed by atoms with Crippen LogP contribution in [0.15, 0.2) is 23.8 Å². The lowest BCUT2D eigenvalue weighted by atomic mass is 9.97. The zero-order valence-electron chi connectivity index (χ0n) is 5.41. The van der Waals surface area contributed by atoms with E-state index in [4.69, 9.17) is 10.5 Å². The highest BCUT2D eigenvalue weighted by Gasteiger charge is 2.08. The number of hydrogen-bond donors (Lipinski definition) is 0. The molecule has 0 saturated heterocycles. The molecule has 0 radical (unpaired) electrons. The normalized spacial score (nSPS) is 22.6. The maximum atomic E-state index is 8.47. The Hall–Kier alpha value is -1.54. The highest BCUT2D eigenvalue weighted by molar-refractivity contribution is 5.32. The predicted octanol–water partition coefficient (Wildman–Crippen LogP) is 1.54. The van der Waals surface area contributed by atoms with Gasteiger partial charge in [-0.2, -0.15) is 10.5 Å². The van der Waals surface area contributed by atoms with Gasteiger partial charge in [0.1, 0.15) is 0 Å². The lowest BCUT2D eigenvalue weighted by molar-refractivity contribution is 0.815. The van der Waals surface area contributed by atoms with Crippen LogP contribution in [-0.4, -0.2) is 0 Å². The number of hydrogen-bond acceptors (Lipinski definition) is 2. The first-order valence-electron chi connectivity index (χ1n) is 3.04. The van der Waals surface area contributed by atoms with Crippen molar-refractivity contribution in [3.8, 4) is 12.1 Å². The Kier molecular flexibility index (Phi) is 1.87. The number of rotatable bonds is 0. The Morgan fingerprint density at radius 1 is 1.50 bits per heavy atom. The minimum atomic E-state index is -0.0975. The van der Waals surface area contributed by atoms with Gasteiger partial charge < -0.3 is 0 Å². The summed E-state index contributed by atoms with van der Waals surface area (Å²) in [5.74, 6) is -0.0975. The van der Waals surface area contributed by atoms with Gasteiger partial charge in [0.05, 0.1) is 18.1 Å². The summed E-state index contributed by atoms with van der Waals surface area (Å²) in [5, 5.41) is 16.9. The largest absolute Gasteiger partial charge is 0.198 e. The van der Waals surface area contributed by atoms with E-state index in [0.717, 1.165) is 0 Å². The van der Waals surface area contributed by atoms with Crippen molar-refractivity contribution in [2.24, 2.45) is 5.92 Å². The van der Waals surface area contributed by atoms with E-state index in [-0.39, 0.29) is 5.92 Å². The second kappa shape index (κ2) is 2.85. The zero-order chi connectivity index (χ0) is 7.40. The van der Waals surface area contributed by atoms with E-state index in [0.29, 0.717) is 12.0 Å². The summed E-state index contributed by atoms with van der Waals surface area (Å²) in [6.45, 7) is 0. The van der Waals surface area contributed by atoms with Crippen LogP contribution in [0.5, 0.6) is 0 Å². The summed E-state index contributed by atoms with van der Waals surface area (Å²) in [5.41, 5.74) is 0.689. The Morgan fingerprint density at radius 2 is 2.30 bits per heavy atom. The topological polar surface area (TPSA) is 47.6 Å². The summed E-state index contributed by atoms with van der Waals surface area (Å²) in [6.07, 6.45) is 5.88. The molecule has 1 aliphatic rings. The first kappa shape index (κ1) is 6.58. The molecule has 0 aliphatic heterocycles. The standard InChI is InChI=1S/C8H6N2/c9-5-7-2-1-3-8(4-7)6-10/h1-3,7H,4H2. The Labute approximate surface area is 59.7 Å². The number of nitrogens with zero attached hydrogens (tertiary/aromatic N) is 2. The van der Waals surface area contributed by atoms with Crippen molar-refractivity contribution >= 4 is 0 Å². The van der Waals surface area contributed by atoms with Crippen molar-refractivity contribution in [1.29, 1.82) is 10.5 Å². The van der Waals surface area contributed by atoms with Crippen LogP contribution >= 0.6 is 0 Å². The van der Waals surface area contributed by atoms with Crippen LogP contribution in [0.2, 0.25) is 0 Å². The van der Waals surface area contributed by atoms with E-state index in [1.807, 2.05) is 6.07 Å². The van der Waals surface area contributed by atoms with Crippen LogP contribution in [0.25, 0.3) is 0 Å². The molecular weight excluding hydrogens is 124 g/mol. The van der Waals surface area contributed by atoms with Crippen molar-refractivity contribution in [2.45, 2.75) is 6.42 Å². The minimum Gasteiger partial charge on any atom is -0.198 e. The fourth-order valence-electron chi connectivity index (χ4n) is 0.850. The summed E-state index contributed by atoms with van der Waals surface area (Å²) in [4.78, 5) is 0. The van der Waals surface area contributed by atoms with Gasteiger partial charge in [0.25, 0.3) is 0 Å². The van der Waals surface area contributed by atoms with Crippen LogP contribution in [-0.2, 0) is 0 Å². The van der Waals surface area contributed by atoms with Gasteiger partial charge in [-0.15, -0.1) is 0 Å². The van der Waals surface area contributed by atoms with Crippen molar-refractivity contribution in [1.82, 2.24) is 0 Å². The van der Waals surface area contributed by atoms with Crippen LogP contribution in [0.1, 0.15) is 6.42 Å². The van der Waals surface area contributed by atoms with E-state index >= 15 is 0 Å². The lowest BCUT2D eigenvalue weighted by Crippen LogP contribution is -1.97. The Balaban J connectivity index is 2.72. The van der Waals surface area contributed by atoms with Gasteiger partial charge in [0, 0.05) is 12.0 Å². The predicted molar refractivity (Wildman–Crippen MR) is 36.6 cm³/mol.